The number of aromatic nitrogens is 1. The zero-order valence-electron chi connectivity index (χ0n) is 9.60. The number of hydrogen-bond donors (Lipinski definition) is 1. The second-order valence-electron chi connectivity index (χ2n) is 4.08. The molecule has 0 aliphatic carbocycles. The molecule has 0 saturated carbocycles. The fourth-order valence-electron chi connectivity index (χ4n) is 1.82. The summed E-state index contributed by atoms with van der Waals surface area (Å²) in [6.07, 6.45) is 3.62. The highest BCUT2D eigenvalue weighted by Crippen LogP contribution is 2.24. The summed E-state index contributed by atoms with van der Waals surface area (Å²) in [5.41, 5.74) is 3.10. The van der Waals surface area contributed by atoms with Gasteiger partial charge in [0.2, 0.25) is 0 Å². The Labute approximate surface area is 109 Å². The molecule has 1 N–H and O–H groups in total. The van der Waals surface area contributed by atoms with E-state index in [2.05, 4.69) is 20.9 Å². The standard InChI is InChI=1S/C14H14BrNO/c1-10-4-5-12(15)8-13(10)14(17)7-11-3-2-6-16-9-11/h2-6,8-9,14,17H,7H2,1H3. The van der Waals surface area contributed by atoms with Gasteiger partial charge in [0.05, 0.1) is 6.10 Å². The zero-order valence-corrected chi connectivity index (χ0v) is 11.2. The number of benzene rings is 1. The Kier molecular flexibility index (Phi) is 3.92. The van der Waals surface area contributed by atoms with E-state index in [1.807, 2.05) is 37.3 Å². The summed E-state index contributed by atoms with van der Waals surface area (Å²) in [5, 5.41) is 10.2. The van der Waals surface area contributed by atoms with E-state index in [9.17, 15) is 5.11 Å². The summed E-state index contributed by atoms with van der Waals surface area (Å²) >= 11 is 3.43. The van der Waals surface area contributed by atoms with E-state index in [1.54, 1.807) is 12.4 Å². The van der Waals surface area contributed by atoms with Crippen molar-refractivity contribution in [1.82, 2.24) is 4.98 Å². The van der Waals surface area contributed by atoms with Crippen molar-refractivity contribution in [3.8, 4) is 0 Å². The molecule has 88 valence electrons. The molecule has 0 amide bonds. The molecule has 2 rings (SSSR count). The van der Waals surface area contributed by atoms with Crippen LogP contribution in [-0.4, -0.2) is 10.1 Å². The Morgan fingerprint density at radius 1 is 1.35 bits per heavy atom. The molecule has 0 fully saturated rings. The van der Waals surface area contributed by atoms with E-state index in [0.29, 0.717) is 6.42 Å². The van der Waals surface area contributed by atoms with Crippen LogP contribution in [0.5, 0.6) is 0 Å². The minimum absolute atomic E-state index is 0.489. The molecule has 2 nitrogen and oxygen atoms in total. The third kappa shape index (κ3) is 3.14. The van der Waals surface area contributed by atoms with Crippen molar-refractivity contribution in [3.05, 3.63) is 63.9 Å². The quantitative estimate of drug-likeness (QED) is 0.940. The lowest BCUT2D eigenvalue weighted by Crippen LogP contribution is -2.04. The number of aliphatic hydroxyl groups is 1. The predicted molar refractivity (Wildman–Crippen MR) is 71.8 cm³/mol. The van der Waals surface area contributed by atoms with Gasteiger partial charge in [-0.15, -0.1) is 0 Å². The number of halogens is 1. The van der Waals surface area contributed by atoms with Crippen LogP contribution < -0.4 is 0 Å². The minimum Gasteiger partial charge on any atom is -0.388 e. The van der Waals surface area contributed by atoms with Gasteiger partial charge in [-0.2, -0.15) is 0 Å². The maximum absolute atomic E-state index is 10.2. The van der Waals surface area contributed by atoms with E-state index >= 15 is 0 Å². The molecule has 1 atom stereocenters. The van der Waals surface area contributed by atoms with Crippen LogP contribution in [0, 0.1) is 6.92 Å². The van der Waals surface area contributed by atoms with E-state index in [-0.39, 0.29) is 0 Å². The normalized spacial score (nSPS) is 12.4. The van der Waals surface area contributed by atoms with E-state index in [0.717, 1.165) is 21.2 Å². The molecule has 0 aliphatic rings. The van der Waals surface area contributed by atoms with Crippen LogP contribution in [0.2, 0.25) is 0 Å². The SMILES string of the molecule is Cc1ccc(Br)cc1C(O)Cc1cccnc1. The van der Waals surface area contributed by atoms with Gasteiger partial charge in [0.15, 0.2) is 0 Å². The highest BCUT2D eigenvalue weighted by atomic mass is 79.9. The lowest BCUT2D eigenvalue weighted by atomic mass is 9.99. The Morgan fingerprint density at radius 2 is 2.18 bits per heavy atom. The van der Waals surface area contributed by atoms with Crippen molar-refractivity contribution in [2.24, 2.45) is 0 Å². The summed E-state index contributed by atoms with van der Waals surface area (Å²) in [6, 6.07) is 9.82. The van der Waals surface area contributed by atoms with Gasteiger partial charge in [0, 0.05) is 23.3 Å². The third-order valence-electron chi connectivity index (χ3n) is 2.75. The van der Waals surface area contributed by atoms with Crippen molar-refractivity contribution in [2.75, 3.05) is 0 Å². The van der Waals surface area contributed by atoms with E-state index < -0.39 is 6.10 Å². The number of aryl methyl sites for hydroxylation is 1. The van der Waals surface area contributed by atoms with Crippen LogP contribution in [0.3, 0.4) is 0 Å². The maximum Gasteiger partial charge on any atom is 0.0833 e. The highest BCUT2D eigenvalue weighted by Gasteiger charge is 2.11. The van der Waals surface area contributed by atoms with Crippen molar-refractivity contribution < 1.29 is 5.11 Å². The predicted octanol–water partition coefficient (Wildman–Crippen LogP) is 3.43. The third-order valence-corrected chi connectivity index (χ3v) is 3.25. The summed E-state index contributed by atoms with van der Waals surface area (Å²) in [4.78, 5) is 4.05. The fraction of sp³-hybridized carbons (Fsp3) is 0.214. The van der Waals surface area contributed by atoms with Crippen LogP contribution in [0.25, 0.3) is 0 Å². The lowest BCUT2D eigenvalue weighted by molar-refractivity contribution is 0.177. The van der Waals surface area contributed by atoms with Gasteiger partial charge in [0.1, 0.15) is 0 Å². The van der Waals surface area contributed by atoms with Gasteiger partial charge in [-0.05, 0) is 41.8 Å². The summed E-state index contributed by atoms with van der Waals surface area (Å²) in [5.74, 6) is 0. The van der Waals surface area contributed by atoms with Crippen LogP contribution in [0.1, 0.15) is 22.8 Å². The summed E-state index contributed by atoms with van der Waals surface area (Å²) < 4.78 is 0.989. The Bertz CT molecular complexity index is 499. The largest absolute Gasteiger partial charge is 0.388 e. The molecule has 0 aliphatic heterocycles. The molecule has 0 bridgehead atoms. The molecule has 1 aromatic heterocycles. The summed E-state index contributed by atoms with van der Waals surface area (Å²) in [6.45, 7) is 2.01. The van der Waals surface area contributed by atoms with Gasteiger partial charge in [-0.1, -0.05) is 28.1 Å². The van der Waals surface area contributed by atoms with Crippen LogP contribution in [-0.2, 0) is 6.42 Å². The Balaban J connectivity index is 2.20. The zero-order chi connectivity index (χ0) is 12.3. The van der Waals surface area contributed by atoms with Crippen LogP contribution >= 0.6 is 15.9 Å². The molecule has 3 heteroatoms. The second kappa shape index (κ2) is 5.43. The molecular weight excluding hydrogens is 278 g/mol. The molecule has 0 spiro atoms. The number of aliphatic hydroxyl groups excluding tert-OH is 1. The molecule has 0 radical (unpaired) electrons. The molecule has 0 saturated heterocycles. The summed E-state index contributed by atoms with van der Waals surface area (Å²) in [7, 11) is 0. The molecule has 1 aromatic carbocycles. The van der Waals surface area contributed by atoms with E-state index in [4.69, 9.17) is 0 Å². The first-order valence-corrected chi connectivity index (χ1v) is 6.29. The van der Waals surface area contributed by atoms with Gasteiger partial charge >= 0.3 is 0 Å². The second-order valence-corrected chi connectivity index (χ2v) is 5.00. The monoisotopic (exact) mass is 291 g/mol. The first-order valence-electron chi connectivity index (χ1n) is 5.50. The van der Waals surface area contributed by atoms with Gasteiger partial charge in [-0.25, -0.2) is 0 Å². The molecule has 17 heavy (non-hydrogen) atoms. The highest BCUT2D eigenvalue weighted by molar-refractivity contribution is 9.10. The van der Waals surface area contributed by atoms with Crippen molar-refractivity contribution in [3.63, 3.8) is 0 Å². The van der Waals surface area contributed by atoms with Gasteiger partial charge in [0.25, 0.3) is 0 Å². The van der Waals surface area contributed by atoms with E-state index in [1.165, 1.54) is 0 Å². The van der Waals surface area contributed by atoms with Gasteiger partial charge < -0.3 is 5.11 Å². The fourth-order valence-corrected chi connectivity index (χ4v) is 2.20. The van der Waals surface area contributed by atoms with Gasteiger partial charge in [-0.3, -0.25) is 4.98 Å². The van der Waals surface area contributed by atoms with Crippen LogP contribution in [0.4, 0.5) is 0 Å². The van der Waals surface area contributed by atoms with Crippen molar-refractivity contribution in [1.29, 1.82) is 0 Å². The Hall–Kier alpha value is -1.19. The number of pyridine rings is 1. The van der Waals surface area contributed by atoms with Crippen molar-refractivity contribution in [2.45, 2.75) is 19.4 Å². The average Bonchev–Trinajstić information content (AvgIpc) is 2.33. The molecule has 2 aromatic rings. The molecule has 1 unspecified atom stereocenters. The number of hydrogen-bond acceptors (Lipinski definition) is 2. The lowest BCUT2D eigenvalue weighted by Gasteiger charge is -2.14. The topological polar surface area (TPSA) is 33.1 Å². The number of nitrogens with zero attached hydrogens (tertiary/aromatic N) is 1. The smallest absolute Gasteiger partial charge is 0.0833 e. The first kappa shape index (κ1) is 12.3. The minimum atomic E-state index is -0.489. The maximum atomic E-state index is 10.2. The average molecular weight is 292 g/mol. The number of rotatable bonds is 3. The molecule has 1 heterocycles. The van der Waals surface area contributed by atoms with Crippen molar-refractivity contribution >= 4 is 15.9 Å². The molecular formula is C14H14BrNO. The van der Waals surface area contributed by atoms with Crippen LogP contribution in [0.15, 0.2) is 47.2 Å². The first-order chi connectivity index (χ1) is 8.16. The Morgan fingerprint density at radius 3 is 2.88 bits per heavy atom.